The quantitative estimate of drug-likeness (QED) is 0.515. The minimum atomic E-state index is -1.03. The first kappa shape index (κ1) is 13.3. The molecule has 0 atom stereocenters. The van der Waals surface area contributed by atoms with Crippen molar-refractivity contribution in [3.05, 3.63) is 0 Å². The van der Waals surface area contributed by atoms with Crippen LogP contribution in [0.5, 0.6) is 0 Å². The Morgan fingerprint density at radius 1 is 1.55 bits per heavy atom. The highest BCUT2D eigenvalue weighted by Gasteiger charge is 2.29. The van der Waals surface area contributed by atoms with E-state index in [2.05, 4.69) is 9.57 Å². The number of nitrogens with two attached hydrogens (primary N) is 1. The summed E-state index contributed by atoms with van der Waals surface area (Å²) in [6, 6.07) is 0. The first-order chi connectivity index (χ1) is 4.54. The van der Waals surface area contributed by atoms with Crippen molar-refractivity contribution in [2.45, 2.75) is 26.4 Å². The number of carbonyl (C=O) groups excluding carboxylic acids is 1. The molecule has 0 fully saturated rings. The van der Waals surface area contributed by atoms with Crippen LogP contribution in [0.15, 0.2) is 0 Å². The fourth-order valence-electron chi connectivity index (χ4n) is 0.353. The summed E-state index contributed by atoms with van der Waals surface area (Å²) in [5, 5.41) is 0. The van der Waals surface area contributed by atoms with Crippen LogP contribution in [-0.4, -0.2) is 18.2 Å². The van der Waals surface area contributed by atoms with E-state index in [1.807, 2.05) is 0 Å². The van der Waals surface area contributed by atoms with Gasteiger partial charge in [-0.05, 0) is 20.8 Å². The molecule has 0 rings (SSSR count). The van der Waals surface area contributed by atoms with Crippen LogP contribution in [0.4, 0.5) is 0 Å². The van der Waals surface area contributed by atoms with Gasteiger partial charge in [-0.25, -0.2) is 10.7 Å². The van der Waals surface area contributed by atoms with Gasteiger partial charge in [-0.1, -0.05) is 0 Å². The zero-order chi connectivity index (χ0) is 8.20. The van der Waals surface area contributed by atoms with Crippen LogP contribution in [0.25, 0.3) is 0 Å². The zero-order valence-electron chi connectivity index (χ0n) is 6.92. The molecule has 4 nitrogen and oxygen atoms in total. The number of hydrogen-bond donors (Lipinski definition) is 1. The summed E-state index contributed by atoms with van der Waals surface area (Å²) < 4.78 is 4.65. The lowest BCUT2D eigenvalue weighted by molar-refractivity contribution is -0.168. The third-order valence-corrected chi connectivity index (χ3v) is 1.06. The Morgan fingerprint density at radius 2 is 2.00 bits per heavy atom. The molecule has 0 saturated heterocycles. The summed E-state index contributed by atoms with van der Waals surface area (Å²) in [6.07, 6.45) is 0. The predicted octanol–water partition coefficient (Wildman–Crippen LogP) is 0.640. The van der Waals surface area contributed by atoms with E-state index in [0.29, 0.717) is 6.61 Å². The lowest BCUT2D eigenvalue weighted by atomic mass is 10.1. The Kier molecular flexibility index (Phi) is 6.46. The Balaban J connectivity index is 0. The molecule has 5 heteroatoms. The molecule has 0 saturated carbocycles. The molecule has 0 spiro atoms. The van der Waals surface area contributed by atoms with E-state index in [1.54, 1.807) is 20.8 Å². The molecule has 0 amide bonds. The smallest absolute Gasteiger partial charge is 0.339 e. The lowest BCUT2D eigenvalue weighted by Crippen LogP contribution is -2.38. The van der Waals surface area contributed by atoms with Gasteiger partial charge in [0.15, 0.2) is 5.60 Å². The third-order valence-electron chi connectivity index (χ3n) is 1.06. The minimum absolute atomic E-state index is 0. The van der Waals surface area contributed by atoms with Crippen molar-refractivity contribution in [3.63, 3.8) is 0 Å². The Bertz CT molecular complexity index is 127. The van der Waals surface area contributed by atoms with Crippen LogP contribution in [0.1, 0.15) is 20.8 Å². The average Bonchev–Trinajstić information content (AvgIpc) is 1.89. The van der Waals surface area contributed by atoms with Crippen molar-refractivity contribution in [2.75, 3.05) is 6.61 Å². The van der Waals surface area contributed by atoms with Gasteiger partial charge in [-0.3, -0.25) is 4.84 Å². The molecule has 0 radical (unpaired) electrons. The Hall–Kier alpha value is -0.320. The second kappa shape index (κ2) is 5.35. The van der Waals surface area contributed by atoms with Crippen molar-refractivity contribution in [2.24, 2.45) is 5.90 Å². The first-order valence-corrected chi connectivity index (χ1v) is 3.09. The summed E-state index contributed by atoms with van der Waals surface area (Å²) in [4.78, 5) is 15.2. The summed E-state index contributed by atoms with van der Waals surface area (Å²) >= 11 is 0. The number of esters is 1. The number of carbonyl (C=O) groups is 1. The highest BCUT2D eigenvalue weighted by molar-refractivity contribution is 5.85. The molecule has 0 aromatic carbocycles. The third kappa shape index (κ3) is 4.19. The lowest BCUT2D eigenvalue weighted by Gasteiger charge is -2.18. The van der Waals surface area contributed by atoms with Crippen LogP contribution in [0.2, 0.25) is 0 Å². The predicted molar refractivity (Wildman–Crippen MR) is 43.2 cm³/mol. The normalized spacial score (nSPS) is 10.2. The second-order valence-electron chi connectivity index (χ2n) is 2.35. The van der Waals surface area contributed by atoms with Crippen LogP contribution in [0.3, 0.4) is 0 Å². The molecule has 0 unspecified atom stereocenters. The van der Waals surface area contributed by atoms with Gasteiger partial charge in [0, 0.05) is 0 Å². The van der Waals surface area contributed by atoms with E-state index in [-0.39, 0.29) is 12.4 Å². The van der Waals surface area contributed by atoms with Crippen LogP contribution >= 0.6 is 12.4 Å². The Morgan fingerprint density at radius 3 is 2.27 bits per heavy atom. The van der Waals surface area contributed by atoms with Gasteiger partial charge in [0.05, 0.1) is 6.61 Å². The molecular formula is C6H14ClNO3. The first-order valence-electron chi connectivity index (χ1n) is 3.09. The van der Waals surface area contributed by atoms with Crippen molar-refractivity contribution >= 4 is 18.4 Å². The van der Waals surface area contributed by atoms with E-state index in [0.717, 1.165) is 0 Å². The summed E-state index contributed by atoms with van der Waals surface area (Å²) in [5.74, 6) is 4.39. The fourth-order valence-corrected chi connectivity index (χ4v) is 0.353. The van der Waals surface area contributed by atoms with Gasteiger partial charge >= 0.3 is 5.97 Å². The van der Waals surface area contributed by atoms with E-state index in [4.69, 9.17) is 5.90 Å². The second-order valence-corrected chi connectivity index (χ2v) is 2.35. The van der Waals surface area contributed by atoms with Crippen molar-refractivity contribution < 1.29 is 14.4 Å². The summed E-state index contributed by atoms with van der Waals surface area (Å²) in [6.45, 7) is 5.16. The number of rotatable bonds is 3. The van der Waals surface area contributed by atoms with Crippen LogP contribution in [0, 0.1) is 0 Å². The van der Waals surface area contributed by atoms with E-state index >= 15 is 0 Å². The fraction of sp³-hybridized carbons (Fsp3) is 0.833. The molecule has 0 aromatic rings. The summed E-state index contributed by atoms with van der Waals surface area (Å²) in [7, 11) is 0. The molecule has 0 heterocycles. The number of ether oxygens (including phenoxy) is 1. The SMILES string of the molecule is CCOC(=O)C(C)(C)ON.Cl. The molecule has 0 aliphatic rings. The van der Waals surface area contributed by atoms with Gasteiger partial charge < -0.3 is 4.74 Å². The zero-order valence-corrected chi connectivity index (χ0v) is 7.73. The van der Waals surface area contributed by atoms with Gasteiger partial charge in [0.2, 0.25) is 0 Å². The monoisotopic (exact) mass is 183 g/mol. The maximum absolute atomic E-state index is 10.9. The Labute approximate surface area is 72.4 Å². The highest BCUT2D eigenvalue weighted by atomic mass is 35.5. The highest BCUT2D eigenvalue weighted by Crippen LogP contribution is 2.07. The van der Waals surface area contributed by atoms with Gasteiger partial charge in [0.25, 0.3) is 0 Å². The number of hydrogen-bond acceptors (Lipinski definition) is 4. The van der Waals surface area contributed by atoms with Gasteiger partial charge in [0.1, 0.15) is 0 Å². The average molecular weight is 184 g/mol. The molecule has 68 valence electrons. The molecule has 0 aliphatic carbocycles. The maximum atomic E-state index is 10.9. The standard InChI is InChI=1S/C6H13NO3.ClH/c1-4-9-5(8)6(2,3)10-7;/h4,7H2,1-3H3;1H. The van der Waals surface area contributed by atoms with Crippen LogP contribution < -0.4 is 5.90 Å². The topological polar surface area (TPSA) is 61.5 Å². The maximum Gasteiger partial charge on any atom is 0.339 e. The van der Waals surface area contributed by atoms with Gasteiger partial charge in [-0.2, -0.15) is 0 Å². The van der Waals surface area contributed by atoms with Crippen molar-refractivity contribution in [3.8, 4) is 0 Å². The van der Waals surface area contributed by atoms with E-state index in [1.165, 1.54) is 0 Å². The molecular weight excluding hydrogens is 170 g/mol. The summed E-state index contributed by atoms with van der Waals surface area (Å²) in [5.41, 5.74) is -1.03. The van der Waals surface area contributed by atoms with E-state index in [9.17, 15) is 4.79 Å². The largest absolute Gasteiger partial charge is 0.464 e. The molecule has 0 bridgehead atoms. The molecule has 2 N–H and O–H groups in total. The van der Waals surface area contributed by atoms with E-state index < -0.39 is 11.6 Å². The molecule has 11 heavy (non-hydrogen) atoms. The number of halogens is 1. The van der Waals surface area contributed by atoms with Crippen LogP contribution in [-0.2, 0) is 14.4 Å². The molecule has 0 aliphatic heterocycles. The van der Waals surface area contributed by atoms with Gasteiger partial charge in [-0.15, -0.1) is 12.4 Å². The minimum Gasteiger partial charge on any atom is -0.464 e. The molecule has 0 aromatic heterocycles. The van der Waals surface area contributed by atoms with Crippen molar-refractivity contribution in [1.82, 2.24) is 0 Å². The van der Waals surface area contributed by atoms with Crippen molar-refractivity contribution in [1.29, 1.82) is 0 Å².